The molecule has 1 aromatic heterocycles. The van der Waals surface area contributed by atoms with Gasteiger partial charge in [-0.3, -0.25) is 14.4 Å². The van der Waals surface area contributed by atoms with Crippen molar-refractivity contribution in [3.8, 4) is 0 Å². The zero-order valence-electron chi connectivity index (χ0n) is 13.4. The van der Waals surface area contributed by atoms with Gasteiger partial charge in [-0.1, -0.05) is 12.1 Å². The Bertz CT molecular complexity index is 662. The average molecular weight is 314 g/mol. The molecule has 122 valence electrons. The Balaban J connectivity index is 1.57. The monoisotopic (exact) mass is 314 g/mol. The highest BCUT2D eigenvalue weighted by Crippen LogP contribution is 2.13. The fraction of sp³-hybridized carbons (Fsp3) is 0.412. The molecular formula is C17H22N4O2. The number of ether oxygens (including phenoxy) is 1. The van der Waals surface area contributed by atoms with Gasteiger partial charge >= 0.3 is 0 Å². The van der Waals surface area contributed by atoms with Gasteiger partial charge in [-0.2, -0.15) is 5.10 Å². The molecule has 0 radical (unpaired) electrons. The smallest absolute Gasteiger partial charge is 0.246 e. The topological polar surface area (TPSA) is 59.4 Å². The van der Waals surface area contributed by atoms with Gasteiger partial charge in [0.2, 0.25) is 5.91 Å². The fourth-order valence-corrected chi connectivity index (χ4v) is 2.66. The van der Waals surface area contributed by atoms with Crippen LogP contribution in [-0.2, 0) is 22.6 Å². The molecule has 1 saturated heterocycles. The van der Waals surface area contributed by atoms with E-state index in [2.05, 4.69) is 21.4 Å². The van der Waals surface area contributed by atoms with E-state index in [1.165, 1.54) is 5.56 Å². The Labute approximate surface area is 136 Å². The summed E-state index contributed by atoms with van der Waals surface area (Å²) in [5, 5.41) is 7.16. The number of morpholine rings is 1. The Kier molecular flexibility index (Phi) is 5.05. The molecule has 0 spiro atoms. The van der Waals surface area contributed by atoms with Gasteiger partial charge in [0.05, 0.1) is 18.9 Å². The minimum absolute atomic E-state index is 0.0726. The Hall–Kier alpha value is -2.18. The maximum atomic E-state index is 12.1. The Morgan fingerprint density at radius 1 is 1.30 bits per heavy atom. The van der Waals surface area contributed by atoms with Crippen molar-refractivity contribution in [1.82, 2.24) is 14.7 Å². The van der Waals surface area contributed by atoms with Crippen molar-refractivity contribution in [2.24, 2.45) is 0 Å². The molecule has 23 heavy (non-hydrogen) atoms. The van der Waals surface area contributed by atoms with Crippen LogP contribution in [0.4, 0.5) is 5.69 Å². The van der Waals surface area contributed by atoms with E-state index < -0.39 is 0 Å². The van der Waals surface area contributed by atoms with Crippen LogP contribution in [0.1, 0.15) is 11.3 Å². The summed E-state index contributed by atoms with van der Waals surface area (Å²) in [6.07, 6.45) is 1.81. The number of aryl methyl sites for hydroxylation is 1. The molecule has 1 aromatic carbocycles. The summed E-state index contributed by atoms with van der Waals surface area (Å²) < 4.78 is 7.01. The molecule has 0 saturated carbocycles. The number of amides is 1. The third-order valence-electron chi connectivity index (χ3n) is 3.80. The quantitative estimate of drug-likeness (QED) is 0.912. The largest absolute Gasteiger partial charge is 0.379 e. The van der Waals surface area contributed by atoms with Gasteiger partial charge in [0.15, 0.2) is 0 Å². The number of carbonyl (C=O) groups is 1. The summed E-state index contributed by atoms with van der Waals surface area (Å²) in [5.74, 6) is -0.0726. The summed E-state index contributed by atoms with van der Waals surface area (Å²) >= 11 is 0. The van der Waals surface area contributed by atoms with Crippen LogP contribution in [-0.4, -0.2) is 46.9 Å². The van der Waals surface area contributed by atoms with Crippen molar-refractivity contribution in [2.75, 3.05) is 31.6 Å². The number of hydrogen-bond donors (Lipinski definition) is 1. The van der Waals surface area contributed by atoms with E-state index in [4.69, 9.17) is 4.74 Å². The molecule has 1 amide bonds. The van der Waals surface area contributed by atoms with Crippen LogP contribution in [0.2, 0.25) is 0 Å². The maximum Gasteiger partial charge on any atom is 0.246 e. The van der Waals surface area contributed by atoms with Crippen LogP contribution >= 0.6 is 0 Å². The number of hydrogen-bond acceptors (Lipinski definition) is 4. The second-order valence-corrected chi connectivity index (χ2v) is 5.79. The van der Waals surface area contributed by atoms with Crippen LogP contribution in [0.5, 0.6) is 0 Å². The van der Waals surface area contributed by atoms with Gasteiger partial charge in [-0.15, -0.1) is 0 Å². The second kappa shape index (κ2) is 7.39. The highest BCUT2D eigenvalue weighted by atomic mass is 16.5. The molecule has 2 aromatic rings. The molecule has 2 heterocycles. The third-order valence-corrected chi connectivity index (χ3v) is 3.80. The summed E-state index contributed by atoms with van der Waals surface area (Å²) in [6, 6.07) is 9.89. The van der Waals surface area contributed by atoms with Gasteiger partial charge in [-0.05, 0) is 30.7 Å². The van der Waals surface area contributed by atoms with E-state index in [0.29, 0.717) is 0 Å². The first-order valence-electron chi connectivity index (χ1n) is 7.88. The van der Waals surface area contributed by atoms with Crippen LogP contribution in [0.25, 0.3) is 0 Å². The fourth-order valence-electron chi connectivity index (χ4n) is 2.66. The standard InChI is InChI=1S/C17H22N4O2/c1-14-5-6-21(19-14)13-17(22)18-16-4-2-3-15(11-16)12-20-7-9-23-10-8-20/h2-6,11H,7-10,12-13H2,1H3,(H,18,22). The predicted octanol–water partition coefficient (Wildman–Crippen LogP) is 1.66. The van der Waals surface area contributed by atoms with Crippen LogP contribution in [0.3, 0.4) is 0 Å². The first kappa shape index (κ1) is 15.7. The Morgan fingerprint density at radius 2 is 2.13 bits per heavy atom. The number of aromatic nitrogens is 2. The van der Waals surface area contributed by atoms with Gasteiger partial charge in [0.1, 0.15) is 6.54 Å². The zero-order valence-corrected chi connectivity index (χ0v) is 13.4. The number of carbonyl (C=O) groups excluding carboxylic acids is 1. The lowest BCUT2D eigenvalue weighted by Gasteiger charge is -2.26. The maximum absolute atomic E-state index is 12.1. The average Bonchev–Trinajstić information content (AvgIpc) is 2.93. The molecule has 0 unspecified atom stereocenters. The lowest BCUT2D eigenvalue weighted by Crippen LogP contribution is -2.35. The SMILES string of the molecule is Cc1ccn(CC(=O)Nc2cccc(CN3CCOCC3)c2)n1. The minimum atomic E-state index is -0.0726. The van der Waals surface area contributed by atoms with Crippen molar-refractivity contribution in [3.63, 3.8) is 0 Å². The van der Waals surface area contributed by atoms with E-state index in [0.717, 1.165) is 44.2 Å². The number of anilines is 1. The van der Waals surface area contributed by atoms with Crippen LogP contribution in [0, 0.1) is 6.92 Å². The van der Waals surface area contributed by atoms with Crippen molar-refractivity contribution >= 4 is 11.6 Å². The molecule has 6 nitrogen and oxygen atoms in total. The molecular weight excluding hydrogens is 292 g/mol. The van der Waals surface area contributed by atoms with E-state index in [9.17, 15) is 4.79 Å². The molecule has 6 heteroatoms. The molecule has 1 aliphatic heterocycles. The zero-order chi connectivity index (χ0) is 16.1. The lowest BCUT2D eigenvalue weighted by atomic mass is 10.2. The molecule has 1 N–H and O–H groups in total. The lowest BCUT2D eigenvalue weighted by molar-refractivity contribution is -0.116. The summed E-state index contributed by atoms with van der Waals surface area (Å²) in [6.45, 7) is 6.50. The van der Waals surface area contributed by atoms with E-state index in [1.54, 1.807) is 4.68 Å². The predicted molar refractivity (Wildman–Crippen MR) is 88.1 cm³/mol. The number of rotatable bonds is 5. The first-order chi connectivity index (χ1) is 11.2. The van der Waals surface area contributed by atoms with Gasteiger partial charge < -0.3 is 10.1 Å². The number of nitrogens with zero attached hydrogens (tertiary/aromatic N) is 3. The van der Waals surface area contributed by atoms with Crippen molar-refractivity contribution < 1.29 is 9.53 Å². The van der Waals surface area contributed by atoms with Crippen molar-refractivity contribution in [3.05, 3.63) is 47.8 Å². The van der Waals surface area contributed by atoms with Crippen molar-refractivity contribution in [2.45, 2.75) is 20.0 Å². The van der Waals surface area contributed by atoms with Crippen LogP contribution in [0.15, 0.2) is 36.5 Å². The molecule has 3 rings (SSSR count). The molecule has 1 fully saturated rings. The van der Waals surface area contributed by atoms with Gasteiger partial charge in [-0.25, -0.2) is 0 Å². The highest BCUT2D eigenvalue weighted by molar-refractivity contribution is 5.90. The highest BCUT2D eigenvalue weighted by Gasteiger charge is 2.11. The van der Waals surface area contributed by atoms with Gasteiger partial charge in [0.25, 0.3) is 0 Å². The minimum Gasteiger partial charge on any atom is -0.379 e. The molecule has 0 atom stereocenters. The molecule has 0 bridgehead atoms. The second-order valence-electron chi connectivity index (χ2n) is 5.79. The van der Waals surface area contributed by atoms with E-state index >= 15 is 0 Å². The summed E-state index contributed by atoms with van der Waals surface area (Å²) in [5.41, 5.74) is 2.93. The number of benzene rings is 1. The molecule has 0 aliphatic carbocycles. The first-order valence-corrected chi connectivity index (χ1v) is 7.88. The number of nitrogens with one attached hydrogen (secondary N) is 1. The Morgan fingerprint density at radius 3 is 2.87 bits per heavy atom. The summed E-state index contributed by atoms with van der Waals surface area (Å²) in [7, 11) is 0. The van der Waals surface area contributed by atoms with Crippen LogP contribution < -0.4 is 5.32 Å². The van der Waals surface area contributed by atoms with Crippen molar-refractivity contribution in [1.29, 1.82) is 0 Å². The summed E-state index contributed by atoms with van der Waals surface area (Å²) in [4.78, 5) is 14.5. The molecule has 1 aliphatic rings. The normalized spacial score (nSPS) is 15.5. The van der Waals surface area contributed by atoms with Gasteiger partial charge in [0, 0.05) is 31.5 Å². The third kappa shape index (κ3) is 4.64. The van der Waals surface area contributed by atoms with E-state index in [1.807, 2.05) is 37.4 Å². The van der Waals surface area contributed by atoms with E-state index in [-0.39, 0.29) is 12.5 Å².